The highest BCUT2D eigenvalue weighted by molar-refractivity contribution is 5.87. The summed E-state index contributed by atoms with van der Waals surface area (Å²) in [4.78, 5) is 24.4. The smallest absolute Gasteiger partial charge is 0.331 e. The number of aliphatic hydroxyl groups is 4. The number of aromatic hydroxyl groups is 1. The van der Waals surface area contributed by atoms with Gasteiger partial charge in [0.15, 0.2) is 17.8 Å². The number of hydrogen-bond donors (Lipinski definition) is 5. The lowest BCUT2D eigenvalue weighted by molar-refractivity contribution is -0.317. The van der Waals surface area contributed by atoms with Crippen LogP contribution in [0, 0.1) is 34.5 Å². The van der Waals surface area contributed by atoms with Crippen molar-refractivity contribution in [2.45, 2.75) is 114 Å². The number of benzene rings is 1. The van der Waals surface area contributed by atoms with Crippen LogP contribution in [-0.2, 0) is 28.5 Å². The summed E-state index contributed by atoms with van der Waals surface area (Å²) in [6.45, 7) is 4.56. The van der Waals surface area contributed by atoms with Crippen molar-refractivity contribution in [1.82, 2.24) is 0 Å². The van der Waals surface area contributed by atoms with Crippen molar-refractivity contribution in [3.8, 4) is 11.5 Å². The molecule has 1 saturated heterocycles. The molecule has 6 aliphatic rings. The molecule has 280 valence electrons. The van der Waals surface area contributed by atoms with Crippen molar-refractivity contribution in [3.05, 3.63) is 41.5 Å². The maximum Gasteiger partial charge on any atom is 0.331 e. The Labute approximate surface area is 298 Å². The Hall–Kier alpha value is -3.00. The van der Waals surface area contributed by atoms with Gasteiger partial charge in [0.1, 0.15) is 37.6 Å². The van der Waals surface area contributed by atoms with Crippen LogP contribution in [-0.4, -0.2) is 100 Å². The van der Waals surface area contributed by atoms with Gasteiger partial charge in [0.2, 0.25) is 0 Å². The van der Waals surface area contributed by atoms with Gasteiger partial charge in [-0.25, -0.2) is 9.59 Å². The highest BCUT2D eigenvalue weighted by Gasteiger charge is 2.67. The van der Waals surface area contributed by atoms with Crippen LogP contribution in [0.2, 0.25) is 0 Å². The summed E-state index contributed by atoms with van der Waals surface area (Å²) in [5, 5.41) is 54.4. The van der Waals surface area contributed by atoms with Crippen LogP contribution < -0.4 is 4.74 Å². The van der Waals surface area contributed by atoms with Gasteiger partial charge in [0.25, 0.3) is 0 Å². The van der Waals surface area contributed by atoms with Gasteiger partial charge in [0.05, 0.1) is 18.8 Å². The van der Waals surface area contributed by atoms with Crippen LogP contribution in [0.3, 0.4) is 0 Å². The topological polar surface area (TPSA) is 181 Å². The Kier molecular flexibility index (Phi) is 9.81. The molecule has 4 saturated carbocycles. The molecule has 51 heavy (non-hydrogen) atoms. The predicted octanol–water partition coefficient (Wildman–Crippen LogP) is 3.41. The molecule has 12 nitrogen and oxygen atoms in total. The Balaban J connectivity index is 0.959. The van der Waals surface area contributed by atoms with Crippen LogP contribution >= 0.6 is 0 Å². The van der Waals surface area contributed by atoms with E-state index in [4.69, 9.17) is 23.7 Å². The number of phenolic OH excluding ortho intramolecular Hbond substituents is 1. The number of cyclic esters (lactones) is 1. The zero-order chi connectivity index (χ0) is 36.3. The minimum atomic E-state index is -1.56. The summed E-state index contributed by atoms with van der Waals surface area (Å²) in [6, 6.07) is 4.60. The third kappa shape index (κ3) is 6.29. The fourth-order valence-electron chi connectivity index (χ4n) is 11.0. The van der Waals surface area contributed by atoms with Crippen molar-refractivity contribution in [1.29, 1.82) is 0 Å². The molecule has 4 aliphatic carbocycles. The maximum absolute atomic E-state index is 12.5. The van der Waals surface area contributed by atoms with E-state index in [1.807, 2.05) is 0 Å². The standard InChI is InChI=1S/C39H52O12/c1-37-13-10-24(18-23(37)6-7-27-26(37)11-14-38(2)25(12-15-39(27,38)46)22-17-32(42)48-19-22)50-36-35(45)34(44)33(43)30(51-36)20-49-31(41)9-5-21-4-8-28(40)29(16-21)47-3/h4-5,8-9,16-17,23-27,30,33-36,40,43-46H,6-7,10-15,18-20H2,1-3H3/b9-5-/t23-,24-,25+,26-,27+,30+,33+,34-,35+,36+,37-,38+,39-/m0/s1. The van der Waals surface area contributed by atoms with Gasteiger partial charge in [-0.2, -0.15) is 0 Å². The van der Waals surface area contributed by atoms with Gasteiger partial charge in [0, 0.05) is 17.6 Å². The first-order valence-corrected chi connectivity index (χ1v) is 18.4. The maximum atomic E-state index is 12.5. The predicted molar refractivity (Wildman–Crippen MR) is 182 cm³/mol. The lowest BCUT2D eigenvalue weighted by atomic mass is 9.43. The van der Waals surface area contributed by atoms with Gasteiger partial charge in [-0.1, -0.05) is 19.9 Å². The average molecular weight is 713 g/mol. The molecule has 1 aromatic rings. The first kappa shape index (κ1) is 36.4. The monoisotopic (exact) mass is 712 g/mol. The van der Waals surface area contributed by atoms with Crippen molar-refractivity contribution >= 4 is 18.0 Å². The lowest BCUT2D eigenvalue weighted by Crippen LogP contribution is -2.63. The third-order valence-electron chi connectivity index (χ3n) is 13.9. The average Bonchev–Trinajstić information content (AvgIpc) is 3.66. The van der Waals surface area contributed by atoms with E-state index >= 15 is 0 Å². The van der Waals surface area contributed by atoms with Gasteiger partial charge in [-0.05, 0) is 116 Å². The Morgan fingerprint density at radius 2 is 1.80 bits per heavy atom. The second kappa shape index (κ2) is 13.8. The summed E-state index contributed by atoms with van der Waals surface area (Å²) in [6.07, 6.45) is 4.94. The SMILES string of the molecule is COc1cc(/C=C\C(=O)OC[C@H]2O[C@@H](O[C@H]3CC[C@@]4(C)[C@@H](CC[C@@H]5[C@@H]4CC[C@]4(C)[C@@H](C6=CC(=O)OC6)CC[C@]54O)C3)[C@H](O)[C@@H](O)[C@@H]2O)ccc1O. The normalized spacial score (nSPS) is 43.5. The first-order chi connectivity index (χ1) is 24.3. The Morgan fingerprint density at radius 3 is 2.55 bits per heavy atom. The van der Waals surface area contributed by atoms with E-state index in [-0.39, 0.29) is 52.8 Å². The fourth-order valence-corrected chi connectivity index (χ4v) is 11.0. The number of phenols is 1. The molecule has 2 aliphatic heterocycles. The highest BCUT2D eigenvalue weighted by Crippen LogP contribution is 2.70. The van der Waals surface area contributed by atoms with E-state index in [1.165, 1.54) is 25.3 Å². The van der Waals surface area contributed by atoms with Crippen LogP contribution in [0.1, 0.15) is 77.2 Å². The molecule has 12 heteroatoms. The molecular formula is C39H52O12. The lowest BCUT2D eigenvalue weighted by Gasteiger charge is -2.64. The van der Waals surface area contributed by atoms with Crippen molar-refractivity contribution in [2.75, 3.05) is 20.3 Å². The molecule has 5 N–H and O–H groups in total. The number of fused-ring (bicyclic) bond motifs is 5. The van der Waals surface area contributed by atoms with E-state index in [9.17, 15) is 35.1 Å². The number of esters is 2. The molecule has 1 aromatic carbocycles. The number of carbonyl (C=O) groups excluding carboxylic acids is 2. The van der Waals surface area contributed by atoms with Gasteiger partial charge < -0.3 is 49.2 Å². The molecule has 0 amide bonds. The molecule has 0 aromatic heterocycles. The highest BCUT2D eigenvalue weighted by atomic mass is 16.7. The molecule has 2 heterocycles. The van der Waals surface area contributed by atoms with Gasteiger partial charge >= 0.3 is 11.9 Å². The van der Waals surface area contributed by atoms with Crippen molar-refractivity contribution in [2.24, 2.45) is 34.5 Å². The molecule has 0 bridgehead atoms. The molecule has 0 radical (unpaired) electrons. The Bertz CT molecular complexity index is 1560. The molecule has 13 atom stereocenters. The summed E-state index contributed by atoms with van der Waals surface area (Å²) < 4.78 is 27.9. The third-order valence-corrected chi connectivity index (χ3v) is 13.9. The largest absolute Gasteiger partial charge is 0.504 e. The fraction of sp³-hybridized carbons (Fsp3) is 0.692. The molecule has 7 rings (SSSR count). The zero-order valence-electron chi connectivity index (χ0n) is 29.6. The summed E-state index contributed by atoms with van der Waals surface area (Å²) in [7, 11) is 1.42. The first-order valence-electron chi connectivity index (χ1n) is 18.4. The second-order valence-corrected chi connectivity index (χ2v) is 16.2. The Morgan fingerprint density at radius 1 is 1.00 bits per heavy atom. The summed E-state index contributed by atoms with van der Waals surface area (Å²) in [5.41, 5.74) is 0.554. The summed E-state index contributed by atoms with van der Waals surface area (Å²) >= 11 is 0. The van der Waals surface area contributed by atoms with E-state index in [0.717, 1.165) is 63.4 Å². The van der Waals surface area contributed by atoms with Crippen molar-refractivity contribution < 1.29 is 58.8 Å². The molecule has 0 spiro atoms. The zero-order valence-corrected chi connectivity index (χ0v) is 29.6. The number of ether oxygens (including phenoxy) is 5. The van der Waals surface area contributed by atoms with Crippen LogP contribution in [0.4, 0.5) is 0 Å². The number of carbonyl (C=O) groups is 2. The van der Waals surface area contributed by atoms with E-state index < -0.39 is 42.3 Å². The second-order valence-electron chi connectivity index (χ2n) is 16.2. The van der Waals surface area contributed by atoms with E-state index in [2.05, 4.69) is 13.8 Å². The van der Waals surface area contributed by atoms with E-state index in [1.54, 1.807) is 18.2 Å². The molecule has 5 fully saturated rings. The van der Waals surface area contributed by atoms with Crippen LogP contribution in [0.25, 0.3) is 6.08 Å². The molecule has 0 unspecified atom stereocenters. The quantitative estimate of drug-likeness (QED) is 0.151. The van der Waals surface area contributed by atoms with Gasteiger partial charge in [-0.3, -0.25) is 0 Å². The van der Waals surface area contributed by atoms with Gasteiger partial charge in [-0.15, -0.1) is 0 Å². The minimum Gasteiger partial charge on any atom is -0.504 e. The van der Waals surface area contributed by atoms with E-state index in [0.29, 0.717) is 24.0 Å². The van der Waals surface area contributed by atoms with Crippen LogP contribution in [0.5, 0.6) is 11.5 Å². The van der Waals surface area contributed by atoms with Crippen molar-refractivity contribution in [3.63, 3.8) is 0 Å². The molecular weight excluding hydrogens is 660 g/mol. The number of hydrogen-bond acceptors (Lipinski definition) is 12. The summed E-state index contributed by atoms with van der Waals surface area (Å²) in [5.74, 6) is 0.278. The number of rotatable bonds is 8. The number of aliphatic hydroxyl groups excluding tert-OH is 3. The number of methoxy groups -OCH3 is 1. The minimum absolute atomic E-state index is 0.0148. The van der Waals surface area contributed by atoms with Crippen LogP contribution in [0.15, 0.2) is 35.9 Å².